The van der Waals surface area contributed by atoms with Gasteiger partial charge in [-0.3, -0.25) is 4.79 Å². The van der Waals surface area contributed by atoms with Crippen molar-refractivity contribution in [3.05, 3.63) is 46.9 Å². The Morgan fingerprint density at radius 3 is 2.77 bits per heavy atom. The molecule has 0 bridgehead atoms. The van der Waals surface area contributed by atoms with E-state index in [9.17, 15) is 18.0 Å². The first-order chi connectivity index (χ1) is 10.4. The van der Waals surface area contributed by atoms with E-state index in [1.54, 1.807) is 0 Å². The highest BCUT2D eigenvalue weighted by atomic mass is 19.4. The monoisotopic (exact) mass is 312 g/mol. The van der Waals surface area contributed by atoms with Gasteiger partial charge in [-0.25, -0.2) is 9.97 Å². The van der Waals surface area contributed by atoms with Gasteiger partial charge in [-0.2, -0.15) is 18.2 Å². The molecule has 0 radical (unpaired) electrons. The van der Waals surface area contributed by atoms with Gasteiger partial charge in [0.05, 0.1) is 12.5 Å². The fraction of sp³-hybridized carbons (Fsp3) is 0.182. The number of hydrogen-bond donors (Lipinski definition) is 1. The van der Waals surface area contributed by atoms with Crippen molar-refractivity contribution in [1.29, 1.82) is 0 Å². The van der Waals surface area contributed by atoms with Gasteiger partial charge in [-0.1, -0.05) is 5.16 Å². The van der Waals surface area contributed by atoms with Crippen LogP contribution in [-0.2, 0) is 12.7 Å². The van der Waals surface area contributed by atoms with Gasteiger partial charge < -0.3 is 14.1 Å². The quantitative estimate of drug-likeness (QED) is 0.776. The molecule has 0 atom stereocenters. The molecule has 0 saturated carbocycles. The van der Waals surface area contributed by atoms with Gasteiger partial charge in [0.1, 0.15) is 12.2 Å². The minimum atomic E-state index is -4.51. The van der Waals surface area contributed by atoms with Gasteiger partial charge in [-0.05, 0) is 0 Å². The zero-order valence-corrected chi connectivity index (χ0v) is 10.7. The Kier molecular flexibility index (Phi) is 3.23. The number of nitrogens with zero attached hydrogens (tertiary/aromatic N) is 5. The summed E-state index contributed by atoms with van der Waals surface area (Å²) in [5.74, 6) is 0.191. The van der Waals surface area contributed by atoms with Crippen LogP contribution in [-0.4, -0.2) is 29.7 Å². The van der Waals surface area contributed by atoms with Crippen LogP contribution >= 0.6 is 0 Å². The molecular formula is C11H7F3N6O2. The van der Waals surface area contributed by atoms with Crippen LogP contribution in [0.15, 0.2) is 34.2 Å². The number of alkyl halides is 3. The Hall–Kier alpha value is -2.98. The van der Waals surface area contributed by atoms with Crippen molar-refractivity contribution in [1.82, 2.24) is 29.7 Å². The second kappa shape index (κ2) is 5.09. The van der Waals surface area contributed by atoms with E-state index >= 15 is 0 Å². The molecule has 114 valence electrons. The van der Waals surface area contributed by atoms with E-state index in [1.165, 1.54) is 10.8 Å². The molecule has 1 N–H and O–H groups in total. The van der Waals surface area contributed by atoms with Crippen molar-refractivity contribution in [2.45, 2.75) is 12.7 Å². The van der Waals surface area contributed by atoms with Crippen LogP contribution in [0.25, 0.3) is 11.5 Å². The number of H-pyrrole nitrogens is 1. The van der Waals surface area contributed by atoms with Crippen LogP contribution in [0.2, 0.25) is 0 Å². The SMILES string of the molecule is O=c1cnc(-c2noc(Cn3cnc(C(F)(F)F)c3)n2)c[nH]1. The Labute approximate surface area is 119 Å². The molecule has 0 aromatic carbocycles. The van der Waals surface area contributed by atoms with E-state index in [1.807, 2.05) is 0 Å². The smallest absolute Gasteiger partial charge is 0.337 e. The highest BCUT2D eigenvalue weighted by Crippen LogP contribution is 2.27. The molecule has 0 aliphatic rings. The lowest BCUT2D eigenvalue weighted by molar-refractivity contribution is -0.140. The van der Waals surface area contributed by atoms with Gasteiger partial charge in [-0.15, -0.1) is 0 Å². The Morgan fingerprint density at radius 2 is 2.14 bits per heavy atom. The third kappa shape index (κ3) is 2.87. The van der Waals surface area contributed by atoms with E-state index in [0.29, 0.717) is 0 Å². The first-order valence-electron chi connectivity index (χ1n) is 5.88. The Bertz CT molecular complexity index is 829. The summed E-state index contributed by atoms with van der Waals surface area (Å²) in [5, 5.41) is 3.64. The minimum Gasteiger partial charge on any atom is -0.337 e. The van der Waals surface area contributed by atoms with Crippen LogP contribution in [0.5, 0.6) is 0 Å². The first-order valence-corrected chi connectivity index (χ1v) is 5.88. The standard InChI is InChI=1S/C11H7F3N6O2/c12-11(13,14)7-3-20(5-17-7)4-9-18-10(19-22-9)6-1-16-8(21)2-15-6/h1-3,5H,4H2,(H,16,21). The average Bonchev–Trinajstić information content (AvgIpc) is 3.09. The van der Waals surface area contributed by atoms with Gasteiger partial charge in [0.25, 0.3) is 5.56 Å². The van der Waals surface area contributed by atoms with Crippen LogP contribution < -0.4 is 5.56 Å². The van der Waals surface area contributed by atoms with Gasteiger partial charge in [0.2, 0.25) is 11.7 Å². The lowest BCUT2D eigenvalue weighted by Crippen LogP contribution is -2.05. The molecular weight excluding hydrogens is 305 g/mol. The predicted molar refractivity (Wildman–Crippen MR) is 64.5 cm³/mol. The minimum absolute atomic E-state index is 0.0700. The topological polar surface area (TPSA) is 102 Å². The molecule has 3 aromatic rings. The summed E-state index contributed by atoms with van der Waals surface area (Å²) in [5.41, 5.74) is -1.11. The highest BCUT2D eigenvalue weighted by Gasteiger charge is 2.33. The molecule has 0 amide bonds. The third-order valence-corrected chi connectivity index (χ3v) is 2.61. The summed E-state index contributed by atoms with van der Waals surface area (Å²) in [6.45, 7) is -0.0700. The normalized spacial score (nSPS) is 11.8. The zero-order valence-electron chi connectivity index (χ0n) is 10.7. The third-order valence-electron chi connectivity index (χ3n) is 2.61. The van der Waals surface area contributed by atoms with E-state index < -0.39 is 11.9 Å². The summed E-state index contributed by atoms with van der Waals surface area (Å²) in [6, 6.07) is 0. The second-order valence-electron chi connectivity index (χ2n) is 4.24. The number of nitrogens with one attached hydrogen (secondary N) is 1. The molecule has 11 heteroatoms. The summed E-state index contributed by atoms with van der Waals surface area (Å²) < 4.78 is 43.4. The van der Waals surface area contributed by atoms with Gasteiger partial charge >= 0.3 is 6.18 Å². The molecule has 0 saturated heterocycles. The number of halogens is 3. The maximum Gasteiger partial charge on any atom is 0.434 e. The largest absolute Gasteiger partial charge is 0.434 e. The van der Waals surface area contributed by atoms with E-state index in [0.717, 1.165) is 18.7 Å². The molecule has 0 spiro atoms. The van der Waals surface area contributed by atoms with Crippen LogP contribution in [0.4, 0.5) is 13.2 Å². The summed E-state index contributed by atoms with van der Waals surface area (Å²) in [6.07, 6.45) is -0.301. The van der Waals surface area contributed by atoms with E-state index in [2.05, 4.69) is 25.1 Å². The van der Waals surface area contributed by atoms with E-state index in [-0.39, 0.29) is 29.5 Å². The van der Waals surface area contributed by atoms with Crippen molar-refractivity contribution in [3.8, 4) is 11.5 Å². The van der Waals surface area contributed by atoms with Crippen LogP contribution in [0.1, 0.15) is 11.6 Å². The number of hydrogen-bond acceptors (Lipinski definition) is 6. The summed E-state index contributed by atoms with van der Waals surface area (Å²) in [7, 11) is 0. The second-order valence-corrected chi connectivity index (χ2v) is 4.24. The molecule has 3 heterocycles. The fourth-order valence-electron chi connectivity index (χ4n) is 1.64. The molecule has 8 nitrogen and oxygen atoms in total. The summed E-state index contributed by atoms with van der Waals surface area (Å²) in [4.78, 5) is 24.3. The van der Waals surface area contributed by atoms with Gasteiger partial charge in [0.15, 0.2) is 5.69 Å². The van der Waals surface area contributed by atoms with E-state index in [4.69, 9.17) is 4.52 Å². The zero-order chi connectivity index (χ0) is 15.7. The van der Waals surface area contributed by atoms with Crippen molar-refractivity contribution in [3.63, 3.8) is 0 Å². The van der Waals surface area contributed by atoms with Crippen molar-refractivity contribution >= 4 is 0 Å². The average molecular weight is 312 g/mol. The Balaban J connectivity index is 1.78. The molecule has 0 aliphatic carbocycles. The molecule has 0 unspecified atom stereocenters. The number of rotatable bonds is 3. The molecule has 0 fully saturated rings. The van der Waals surface area contributed by atoms with Crippen LogP contribution in [0.3, 0.4) is 0 Å². The van der Waals surface area contributed by atoms with Crippen molar-refractivity contribution in [2.75, 3.05) is 0 Å². The first kappa shape index (κ1) is 14.0. The summed E-state index contributed by atoms with van der Waals surface area (Å²) >= 11 is 0. The highest BCUT2D eigenvalue weighted by molar-refractivity contribution is 5.45. The molecule has 3 rings (SSSR count). The number of imidazole rings is 1. The number of aromatic amines is 1. The van der Waals surface area contributed by atoms with Crippen LogP contribution in [0, 0.1) is 0 Å². The van der Waals surface area contributed by atoms with Gasteiger partial charge in [0, 0.05) is 12.4 Å². The maximum absolute atomic E-state index is 12.4. The fourth-order valence-corrected chi connectivity index (χ4v) is 1.64. The lowest BCUT2D eigenvalue weighted by Gasteiger charge is -1.99. The molecule has 0 aliphatic heterocycles. The van der Waals surface area contributed by atoms with Crippen molar-refractivity contribution < 1.29 is 17.7 Å². The lowest BCUT2D eigenvalue weighted by atomic mass is 10.4. The Morgan fingerprint density at radius 1 is 1.32 bits per heavy atom. The molecule has 22 heavy (non-hydrogen) atoms. The maximum atomic E-state index is 12.4. The van der Waals surface area contributed by atoms with Crippen molar-refractivity contribution in [2.24, 2.45) is 0 Å². The number of aromatic nitrogens is 6. The molecule has 3 aromatic heterocycles. The predicted octanol–water partition coefficient (Wildman–Crippen LogP) is 1.08.